The van der Waals surface area contributed by atoms with Crippen LogP contribution in [0.5, 0.6) is 0 Å². The number of benzene rings is 3. The number of furan rings is 1. The number of nitro benzene ring substituents is 1. The minimum atomic E-state index is -0.783. The SMILES string of the molecule is CCOC(=O)C1=C(c2ccccc2)N=c2s/c(=C\c3ccc(-c4ccc(C)c([N+](=O)[O-])c4)o3)c(=O)n2[C@@H]1c1ccc(SC)cc1. The van der Waals surface area contributed by atoms with E-state index < -0.39 is 16.9 Å². The van der Waals surface area contributed by atoms with Crippen molar-refractivity contribution in [2.45, 2.75) is 24.8 Å². The van der Waals surface area contributed by atoms with Crippen molar-refractivity contribution in [1.29, 1.82) is 0 Å². The fraction of sp³-hybridized carbons (Fsp3) is 0.147. The molecule has 0 bridgehead atoms. The van der Waals surface area contributed by atoms with Gasteiger partial charge in [-0.3, -0.25) is 19.5 Å². The Morgan fingerprint density at radius 2 is 1.84 bits per heavy atom. The normalized spacial score (nSPS) is 14.6. The Morgan fingerprint density at radius 3 is 2.53 bits per heavy atom. The van der Waals surface area contributed by atoms with Crippen LogP contribution in [0.2, 0.25) is 0 Å². The summed E-state index contributed by atoms with van der Waals surface area (Å²) >= 11 is 2.79. The number of nitro groups is 1. The molecule has 6 rings (SSSR count). The van der Waals surface area contributed by atoms with Gasteiger partial charge in [0.15, 0.2) is 4.80 Å². The van der Waals surface area contributed by atoms with Gasteiger partial charge in [-0.25, -0.2) is 9.79 Å². The molecule has 0 N–H and O–H groups in total. The van der Waals surface area contributed by atoms with Crippen LogP contribution in [0.3, 0.4) is 0 Å². The maximum atomic E-state index is 14.1. The van der Waals surface area contributed by atoms with E-state index in [2.05, 4.69) is 0 Å². The lowest BCUT2D eigenvalue weighted by atomic mass is 9.93. The van der Waals surface area contributed by atoms with Gasteiger partial charge in [0.1, 0.15) is 11.5 Å². The number of rotatable bonds is 8. The van der Waals surface area contributed by atoms with E-state index in [1.165, 1.54) is 22.0 Å². The Bertz CT molecular complexity index is 2140. The van der Waals surface area contributed by atoms with Gasteiger partial charge in [0, 0.05) is 33.7 Å². The number of carbonyl (C=O) groups is 1. The van der Waals surface area contributed by atoms with Gasteiger partial charge in [-0.2, -0.15) is 0 Å². The predicted octanol–water partition coefficient (Wildman–Crippen LogP) is 6.13. The summed E-state index contributed by atoms with van der Waals surface area (Å²) in [5, 5.41) is 11.5. The van der Waals surface area contributed by atoms with Gasteiger partial charge >= 0.3 is 5.97 Å². The molecule has 0 radical (unpaired) electrons. The van der Waals surface area contributed by atoms with Gasteiger partial charge in [-0.15, -0.1) is 11.8 Å². The summed E-state index contributed by atoms with van der Waals surface area (Å²) in [5.41, 5.74) is 2.95. The Morgan fingerprint density at radius 1 is 1.09 bits per heavy atom. The highest BCUT2D eigenvalue weighted by molar-refractivity contribution is 7.98. The van der Waals surface area contributed by atoms with Crippen LogP contribution in [-0.4, -0.2) is 28.3 Å². The van der Waals surface area contributed by atoms with Crippen LogP contribution in [0, 0.1) is 17.0 Å². The molecular formula is C34H27N3O6S2. The number of nitrogens with zero attached hydrogens (tertiary/aromatic N) is 3. The molecule has 2 aromatic heterocycles. The molecule has 1 aliphatic rings. The van der Waals surface area contributed by atoms with Gasteiger partial charge in [0.05, 0.1) is 33.4 Å². The summed E-state index contributed by atoms with van der Waals surface area (Å²) in [6.07, 6.45) is 3.61. The van der Waals surface area contributed by atoms with Crippen molar-refractivity contribution >= 4 is 46.5 Å². The van der Waals surface area contributed by atoms with Crippen LogP contribution in [-0.2, 0) is 9.53 Å². The quantitative estimate of drug-likeness (QED) is 0.0869. The molecule has 1 atom stereocenters. The third-order valence-electron chi connectivity index (χ3n) is 7.40. The monoisotopic (exact) mass is 637 g/mol. The van der Waals surface area contributed by atoms with Crippen LogP contribution in [0.25, 0.3) is 23.1 Å². The highest BCUT2D eigenvalue weighted by Crippen LogP contribution is 2.36. The molecule has 0 spiro atoms. The highest BCUT2D eigenvalue weighted by Gasteiger charge is 2.35. The molecule has 0 fully saturated rings. The lowest BCUT2D eigenvalue weighted by Crippen LogP contribution is -2.40. The Labute approximate surface area is 266 Å². The van der Waals surface area contributed by atoms with Crippen LogP contribution in [0.15, 0.2) is 110 Å². The number of thiazole rings is 1. The highest BCUT2D eigenvalue weighted by atomic mass is 32.2. The first-order valence-corrected chi connectivity index (χ1v) is 16.1. The van der Waals surface area contributed by atoms with Crippen molar-refractivity contribution in [3.05, 3.63) is 143 Å². The number of thioether (sulfide) groups is 1. The number of aromatic nitrogens is 1. The summed E-state index contributed by atoms with van der Waals surface area (Å²) in [5.74, 6) is 0.281. The largest absolute Gasteiger partial charge is 0.463 e. The average molecular weight is 638 g/mol. The minimum Gasteiger partial charge on any atom is -0.463 e. The number of fused-ring (bicyclic) bond motifs is 1. The van der Waals surface area contributed by atoms with E-state index in [0.717, 1.165) is 16.0 Å². The molecule has 0 unspecified atom stereocenters. The topological polar surface area (TPSA) is 117 Å². The van der Waals surface area contributed by atoms with Gasteiger partial charge in [0.2, 0.25) is 0 Å². The lowest BCUT2D eigenvalue weighted by Gasteiger charge is -2.26. The van der Waals surface area contributed by atoms with E-state index >= 15 is 0 Å². The van der Waals surface area contributed by atoms with E-state index in [0.29, 0.717) is 37.7 Å². The zero-order valence-corrected chi connectivity index (χ0v) is 26.2. The molecule has 3 heterocycles. The third-order valence-corrected chi connectivity index (χ3v) is 9.12. The zero-order chi connectivity index (χ0) is 31.7. The minimum absolute atomic E-state index is 0.00375. The van der Waals surface area contributed by atoms with Gasteiger partial charge in [0.25, 0.3) is 11.2 Å². The molecule has 0 saturated carbocycles. The van der Waals surface area contributed by atoms with E-state index in [-0.39, 0.29) is 23.4 Å². The van der Waals surface area contributed by atoms with Crippen molar-refractivity contribution < 1.29 is 18.9 Å². The number of ether oxygens (including phenoxy) is 1. The smallest absolute Gasteiger partial charge is 0.338 e. The maximum Gasteiger partial charge on any atom is 0.338 e. The van der Waals surface area contributed by atoms with Gasteiger partial charge < -0.3 is 9.15 Å². The van der Waals surface area contributed by atoms with Crippen molar-refractivity contribution in [3.8, 4) is 11.3 Å². The number of hydrogen-bond acceptors (Lipinski definition) is 9. The lowest BCUT2D eigenvalue weighted by molar-refractivity contribution is -0.385. The van der Waals surface area contributed by atoms with Crippen molar-refractivity contribution in [2.24, 2.45) is 4.99 Å². The molecule has 11 heteroatoms. The van der Waals surface area contributed by atoms with Gasteiger partial charge in [-0.1, -0.05) is 65.9 Å². The summed E-state index contributed by atoms with van der Waals surface area (Å²) in [4.78, 5) is 45.1. The van der Waals surface area contributed by atoms with E-state index in [1.54, 1.807) is 56.0 Å². The Hall–Kier alpha value is -5.00. The van der Waals surface area contributed by atoms with Crippen molar-refractivity contribution in [2.75, 3.05) is 12.9 Å². The van der Waals surface area contributed by atoms with E-state index in [9.17, 15) is 19.7 Å². The maximum absolute atomic E-state index is 14.1. The average Bonchev–Trinajstić information content (AvgIpc) is 3.65. The fourth-order valence-corrected chi connectivity index (χ4v) is 6.61. The van der Waals surface area contributed by atoms with Crippen LogP contribution < -0.4 is 14.9 Å². The molecule has 226 valence electrons. The molecule has 3 aromatic carbocycles. The first-order valence-electron chi connectivity index (χ1n) is 14.1. The number of carbonyl (C=O) groups excluding carboxylic acids is 1. The predicted molar refractivity (Wildman–Crippen MR) is 175 cm³/mol. The molecule has 9 nitrogen and oxygen atoms in total. The van der Waals surface area contributed by atoms with Crippen LogP contribution in [0.4, 0.5) is 5.69 Å². The summed E-state index contributed by atoms with van der Waals surface area (Å²) in [6.45, 7) is 3.58. The summed E-state index contributed by atoms with van der Waals surface area (Å²) in [6, 6.07) is 24.7. The Balaban J connectivity index is 1.53. The second-order valence-electron chi connectivity index (χ2n) is 10.2. The number of esters is 1. The molecule has 0 amide bonds. The second-order valence-corrected chi connectivity index (χ2v) is 12.1. The first-order chi connectivity index (χ1) is 21.8. The molecule has 1 aliphatic heterocycles. The zero-order valence-electron chi connectivity index (χ0n) is 24.6. The number of aryl methyl sites for hydroxylation is 1. The molecule has 0 aliphatic carbocycles. The van der Waals surface area contributed by atoms with E-state index in [4.69, 9.17) is 14.1 Å². The first kappa shape index (κ1) is 30.0. The molecule has 5 aromatic rings. The fourth-order valence-electron chi connectivity index (χ4n) is 5.22. The van der Waals surface area contributed by atoms with Gasteiger partial charge in [-0.05, 0) is 49.9 Å². The van der Waals surface area contributed by atoms with Crippen molar-refractivity contribution in [1.82, 2.24) is 4.57 Å². The summed E-state index contributed by atoms with van der Waals surface area (Å²) in [7, 11) is 0. The Kier molecular flexibility index (Phi) is 8.38. The van der Waals surface area contributed by atoms with Crippen LogP contribution >= 0.6 is 23.1 Å². The van der Waals surface area contributed by atoms with E-state index in [1.807, 2.05) is 60.9 Å². The van der Waals surface area contributed by atoms with Crippen molar-refractivity contribution in [3.63, 3.8) is 0 Å². The summed E-state index contributed by atoms with van der Waals surface area (Å²) < 4.78 is 13.4. The molecule has 0 saturated heterocycles. The number of hydrogen-bond donors (Lipinski definition) is 0. The molecular weight excluding hydrogens is 611 g/mol. The third kappa shape index (κ3) is 5.79. The standard InChI is InChI=1S/C34H27N3O6S2/c1-4-42-33(39)29-30(21-8-6-5-7-9-21)35-34-36(31(29)22-12-15-25(44-3)16-13-22)32(38)28(45-34)19-24-14-17-27(43-24)23-11-10-20(2)26(18-23)37(40)41/h5-19,31H,4H2,1-3H3/b28-19-/t31-/m1/s1. The van der Waals surface area contributed by atoms with Crippen LogP contribution in [0.1, 0.15) is 35.4 Å². The molecule has 45 heavy (non-hydrogen) atoms. The second kappa shape index (κ2) is 12.5.